The van der Waals surface area contributed by atoms with E-state index in [1.807, 2.05) is 36.4 Å². The number of carbonyl (C=O) groups is 1. The van der Waals surface area contributed by atoms with Gasteiger partial charge in [-0.25, -0.2) is 0 Å². The van der Waals surface area contributed by atoms with Gasteiger partial charge in [0.15, 0.2) is 5.76 Å². The molecule has 0 aliphatic rings. The predicted molar refractivity (Wildman–Crippen MR) is 101 cm³/mol. The lowest BCUT2D eigenvalue weighted by atomic mass is 10.0. The summed E-state index contributed by atoms with van der Waals surface area (Å²) in [5, 5.41) is 1.37. The number of methoxy groups -OCH3 is 1. The van der Waals surface area contributed by atoms with E-state index in [1.165, 1.54) is 0 Å². The van der Waals surface area contributed by atoms with Crippen molar-refractivity contribution in [1.82, 2.24) is 4.98 Å². The number of fused-ring (bicyclic) bond motifs is 1. The molecule has 0 aliphatic carbocycles. The summed E-state index contributed by atoms with van der Waals surface area (Å²) in [6, 6.07) is 15.0. The van der Waals surface area contributed by atoms with Gasteiger partial charge >= 0.3 is 0 Å². The Morgan fingerprint density at radius 2 is 1.96 bits per heavy atom. The Labute approximate surface area is 155 Å². The summed E-state index contributed by atoms with van der Waals surface area (Å²) in [7, 11) is 1.63. The molecule has 0 bridgehead atoms. The van der Waals surface area contributed by atoms with Crippen LogP contribution in [0, 0.1) is 0 Å². The first kappa shape index (κ1) is 16.5. The van der Waals surface area contributed by atoms with Gasteiger partial charge in [-0.15, -0.1) is 0 Å². The number of benzene rings is 2. The smallest absolute Gasteiger partial charge is 0.230 e. The summed E-state index contributed by atoms with van der Waals surface area (Å²) >= 11 is 6.08. The fourth-order valence-corrected chi connectivity index (χ4v) is 3.21. The van der Waals surface area contributed by atoms with Crippen LogP contribution in [0.25, 0.3) is 10.9 Å². The van der Waals surface area contributed by atoms with Crippen LogP contribution in [0.5, 0.6) is 5.75 Å². The lowest BCUT2D eigenvalue weighted by Gasteiger charge is -2.04. The van der Waals surface area contributed by atoms with Crippen molar-refractivity contribution in [3.63, 3.8) is 0 Å². The van der Waals surface area contributed by atoms with Gasteiger partial charge in [-0.2, -0.15) is 0 Å². The molecule has 2 heterocycles. The maximum atomic E-state index is 13.0. The number of carbonyl (C=O) groups excluding carboxylic acids is 1. The fraction of sp³-hybridized carbons (Fsp3) is 0.0952. The summed E-state index contributed by atoms with van der Waals surface area (Å²) in [5.74, 6) is 0.988. The number of hydrogen-bond acceptors (Lipinski definition) is 3. The molecule has 5 heteroatoms. The Morgan fingerprint density at radius 1 is 1.15 bits per heavy atom. The Bertz CT molecular complexity index is 1080. The molecule has 2 aromatic carbocycles. The molecule has 2 aromatic heterocycles. The van der Waals surface area contributed by atoms with Crippen LogP contribution in [0.15, 0.2) is 65.4 Å². The molecule has 4 nitrogen and oxygen atoms in total. The van der Waals surface area contributed by atoms with Crippen molar-refractivity contribution in [3.05, 3.63) is 88.5 Å². The van der Waals surface area contributed by atoms with Gasteiger partial charge in [0.2, 0.25) is 5.78 Å². The number of H-pyrrole nitrogens is 1. The van der Waals surface area contributed by atoms with E-state index < -0.39 is 0 Å². The molecule has 26 heavy (non-hydrogen) atoms. The van der Waals surface area contributed by atoms with Gasteiger partial charge in [-0.1, -0.05) is 23.7 Å². The highest BCUT2D eigenvalue weighted by Gasteiger charge is 2.21. The molecular formula is C21H16ClNO3. The van der Waals surface area contributed by atoms with E-state index in [0.717, 1.165) is 27.8 Å². The van der Waals surface area contributed by atoms with Crippen molar-refractivity contribution in [2.75, 3.05) is 7.11 Å². The van der Waals surface area contributed by atoms with Crippen molar-refractivity contribution in [1.29, 1.82) is 0 Å². The van der Waals surface area contributed by atoms with Crippen molar-refractivity contribution in [2.24, 2.45) is 0 Å². The van der Waals surface area contributed by atoms with Gasteiger partial charge in [0, 0.05) is 34.1 Å². The minimum atomic E-state index is -0.160. The zero-order valence-corrected chi connectivity index (χ0v) is 14.8. The van der Waals surface area contributed by atoms with Crippen LogP contribution < -0.4 is 4.74 Å². The monoisotopic (exact) mass is 365 g/mol. The lowest BCUT2D eigenvalue weighted by molar-refractivity contribution is 0.101. The van der Waals surface area contributed by atoms with Gasteiger partial charge in [0.1, 0.15) is 5.75 Å². The zero-order valence-electron chi connectivity index (χ0n) is 14.1. The maximum absolute atomic E-state index is 13.0. The molecule has 1 N–H and O–H groups in total. The van der Waals surface area contributed by atoms with Crippen molar-refractivity contribution < 1.29 is 13.9 Å². The maximum Gasteiger partial charge on any atom is 0.230 e. The Hall–Kier alpha value is -2.98. The molecule has 4 rings (SSSR count). The number of rotatable bonds is 5. The van der Waals surface area contributed by atoms with E-state index in [0.29, 0.717) is 22.8 Å². The highest BCUT2D eigenvalue weighted by atomic mass is 35.5. The molecule has 0 unspecified atom stereocenters. The van der Waals surface area contributed by atoms with Gasteiger partial charge in [0.05, 0.1) is 18.9 Å². The number of hydrogen-bond donors (Lipinski definition) is 1. The van der Waals surface area contributed by atoms with E-state index in [1.54, 1.807) is 31.7 Å². The van der Waals surface area contributed by atoms with Gasteiger partial charge < -0.3 is 14.1 Å². The van der Waals surface area contributed by atoms with Crippen LogP contribution in [0.1, 0.15) is 27.2 Å². The minimum absolute atomic E-state index is 0.160. The second kappa shape index (κ2) is 6.73. The molecule has 0 aliphatic heterocycles. The highest BCUT2D eigenvalue weighted by molar-refractivity contribution is 6.31. The molecule has 130 valence electrons. The van der Waals surface area contributed by atoms with Crippen molar-refractivity contribution in [3.8, 4) is 5.75 Å². The third kappa shape index (κ3) is 3.00. The summed E-state index contributed by atoms with van der Waals surface area (Å²) in [5.41, 5.74) is 3.33. The Balaban J connectivity index is 1.66. The van der Waals surface area contributed by atoms with Crippen LogP contribution >= 0.6 is 11.6 Å². The molecule has 0 spiro atoms. The van der Waals surface area contributed by atoms with Crippen LogP contribution in [-0.2, 0) is 6.42 Å². The summed E-state index contributed by atoms with van der Waals surface area (Å²) in [4.78, 5) is 16.1. The van der Waals surface area contributed by atoms with E-state index in [9.17, 15) is 4.79 Å². The summed E-state index contributed by atoms with van der Waals surface area (Å²) in [6.45, 7) is 0. The van der Waals surface area contributed by atoms with E-state index in [-0.39, 0.29) is 5.78 Å². The first-order valence-electron chi connectivity index (χ1n) is 8.16. The minimum Gasteiger partial charge on any atom is -0.497 e. The number of nitrogens with one attached hydrogen (secondary N) is 1. The molecule has 0 atom stereocenters. The second-order valence-corrected chi connectivity index (χ2v) is 6.46. The molecule has 4 aromatic rings. The molecule has 0 saturated heterocycles. The van der Waals surface area contributed by atoms with Crippen molar-refractivity contribution >= 4 is 28.3 Å². The number of furan rings is 1. The second-order valence-electron chi connectivity index (χ2n) is 6.02. The van der Waals surface area contributed by atoms with E-state index in [4.69, 9.17) is 20.8 Å². The lowest BCUT2D eigenvalue weighted by Crippen LogP contribution is -2.03. The first-order chi connectivity index (χ1) is 12.7. The van der Waals surface area contributed by atoms with Crippen LogP contribution in [0.2, 0.25) is 5.02 Å². The average Bonchev–Trinajstić information content (AvgIpc) is 3.28. The Kier molecular flexibility index (Phi) is 4.27. The van der Waals surface area contributed by atoms with Crippen LogP contribution in [0.4, 0.5) is 0 Å². The number of aromatic amines is 1. The van der Waals surface area contributed by atoms with E-state index >= 15 is 0 Å². The van der Waals surface area contributed by atoms with Crippen LogP contribution in [-0.4, -0.2) is 17.9 Å². The third-order valence-corrected chi connectivity index (χ3v) is 4.63. The molecule has 0 fully saturated rings. The van der Waals surface area contributed by atoms with E-state index in [2.05, 4.69) is 4.98 Å². The number of ether oxygens (including phenoxy) is 1. The number of aromatic nitrogens is 1. The quantitative estimate of drug-likeness (QED) is 0.492. The van der Waals surface area contributed by atoms with Crippen molar-refractivity contribution in [2.45, 2.75) is 6.42 Å². The fourth-order valence-electron chi connectivity index (χ4n) is 3.04. The largest absolute Gasteiger partial charge is 0.497 e. The summed E-state index contributed by atoms with van der Waals surface area (Å²) in [6.07, 6.45) is 3.85. The van der Waals surface area contributed by atoms with Gasteiger partial charge in [0.25, 0.3) is 0 Å². The third-order valence-electron chi connectivity index (χ3n) is 4.40. The number of ketones is 1. The highest BCUT2D eigenvalue weighted by Crippen LogP contribution is 2.27. The molecule has 0 saturated carbocycles. The normalized spacial score (nSPS) is 11.0. The zero-order chi connectivity index (χ0) is 18.1. The predicted octanol–water partition coefficient (Wildman–Crippen LogP) is 5.24. The van der Waals surface area contributed by atoms with Gasteiger partial charge in [-0.3, -0.25) is 4.79 Å². The standard InChI is InChI=1S/C21H16ClNO3/c1-25-16-5-2-13(3-6-16)10-14-8-9-26-21(14)20(24)18-12-23-19-7-4-15(22)11-17(18)19/h2-9,11-12,23H,10H2,1H3. The van der Waals surface area contributed by atoms with Gasteiger partial charge in [-0.05, 0) is 42.0 Å². The number of halogens is 1. The van der Waals surface area contributed by atoms with Crippen LogP contribution in [0.3, 0.4) is 0 Å². The first-order valence-corrected chi connectivity index (χ1v) is 8.54. The summed E-state index contributed by atoms with van der Waals surface area (Å²) < 4.78 is 10.7. The average molecular weight is 366 g/mol. The topological polar surface area (TPSA) is 55.2 Å². The Morgan fingerprint density at radius 3 is 2.73 bits per heavy atom. The SMILES string of the molecule is COc1ccc(Cc2ccoc2C(=O)c2c[nH]c3ccc(Cl)cc23)cc1. The molecule has 0 radical (unpaired) electrons. The molecular weight excluding hydrogens is 350 g/mol. The molecule has 0 amide bonds.